The van der Waals surface area contributed by atoms with Crippen LogP contribution < -0.4 is 0 Å². The van der Waals surface area contributed by atoms with Crippen LogP contribution in [-0.2, 0) is 0 Å². The monoisotopic (exact) mass is 282 g/mol. The Kier molecular flexibility index (Phi) is 3.39. The molecule has 20 heavy (non-hydrogen) atoms. The Morgan fingerprint density at radius 2 is 1.75 bits per heavy atom. The van der Waals surface area contributed by atoms with Crippen molar-refractivity contribution in [3.63, 3.8) is 0 Å². The van der Waals surface area contributed by atoms with Gasteiger partial charge < -0.3 is 0 Å². The van der Waals surface area contributed by atoms with Gasteiger partial charge >= 0.3 is 0 Å². The second-order valence-corrected chi connectivity index (χ2v) is 4.68. The van der Waals surface area contributed by atoms with E-state index in [0.29, 0.717) is 10.5 Å². The molecule has 2 aromatic carbocycles. The molecule has 1 heterocycles. The Bertz CT molecular complexity index is 797. The molecule has 3 rings (SSSR count). The number of rotatable bonds is 2. The molecule has 3 aromatic rings. The van der Waals surface area contributed by atoms with Crippen LogP contribution in [0.5, 0.6) is 0 Å². The molecule has 0 N–H and O–H groups in total. The Labute approximate surface area is 121 Å². The maximum absolute atomic E-state index is 13.3. The molecular weight excluding hydrogens is 271 g/mol. The predicted molar refractivity (Wildman–Crippen MR) is 79.8 cm³/mol. The van der Waals surface area contributed by atoms with Crippen molar-refractivity contribution < 1.29 is 4.39 Å². The maximum Gasteiger partial charge on any atom is 0.204 e. The first kappa shape index (κ1) is 12.7. The Morgan fingerprint density at radius 3 is 2.45 bits per heavy atom. The summed E-state index contributed by atoms with van der Waals surface area (Å²) in [5.41, 5.74) is 2.48. The lowest BCUT2D eigenvalue weighted by molar-refractivity contribution is 0.626. The molecule has 0 atom stereocenters. The Morgan fingerprint density at radius 1 is 0.950 bits per heavy atom. The molecule has 98 valence electrons. The lowest BCUT2D eigenvalue weighted by Crippen LogP contribution is -2.00. The molecule has 0 saturated heterocycles. The largest absolute Gasteiger partial charge is 0.292 e. The first-order valence-corrected chi connectivity index (χ1v) is 6.56. The molecule has 4 heteroatoms. The van der Waals surface area contributed by atoms with Crippen molar-refractivity contribution in [2.24, 2.45) is 0 Å². The van der Waals surface area contributed by atoms with Crippen LogP contribution in [0, 0.1) is 10.6 Å². The van der Waals surface area contributed by atoms with Crippen molar-refractivity contribution in [1.82, 2.24) is 9.55 Å². The predicted octanol–water partition coefficient (Wildman–Crippen LogP) is 4.41. The highest BCUT2D eigenvalue weighted by atomic mass is 32.1. The minimum Gasteiger partial charge on any atom is -0.292 e. The highest BCUT2D eigenvalue weighted by Gasteiger charge is 2.03. The number of hydrogen-bond donors (Lipinski definition) is 0. The normalized spacial score (nSPS) is 10.4. The van der Waals surface area contributed by atoms with Crippen LogP contribution >= 0.6 is 12.2 Å². The average molecular weight is 282 g/mol. The molecule has 1 aromatic heterocycles. The minimum atomic E-state index is -0.295. The first-order chi connectivity index (χ1) is 9.74. The highest BCUT2D eigenvalue weighted by Crippen LogP contribution is 2.17. The van der Waals surface area contributed by atoms with Crippen LogP contribution in [0.3, 0.4) is 0 Å². The minimum absolute atomic E-state index is 0.295. The van der Waals surface area contributed by atoms with Crippen molar-refractivity contribution in [3.8, 4) is 16.9 Å². The van der Waals surface area contributed by atoms with E-state index in [1.165, 1.54) is 12.1 Å². The van der Waals surface area contributed by atoms with Crippen LogP contribution in [-0.4, -0.2) is 9.55 Å². The summed E-state index contributed by atoms with van der Waals surface area (Å²) in [4.78, 5) is 4.40. The zero-order valence-electron chi connectivity index (χ0n) is 10.5. The smallest absolute Gasteiger partial charge is 0.204 e. The number of hydrogen-bond acceptors (Lipinski definition) is 2. The molecule has 0 unspecified atom stereocenters. The molecule has 2 nitrogen and oxygen atoms in total. The molecule has 0 radical (unpaired) electrons. The van der Waals surface area contributed by atoms with Gasteiger partial charge in [-0.1, -0.05) is 36.4 Å². The van der Waals surface area contributed by atoms with Crippen LogP contribution in [0.4, 0.5) is 4.39 Å². The van der Waals surface area contributed by atoms with Gasteiger partial charge in [0.1, 0.15) is 5.82 Å². The van der Waals surface area contributed by atoms with Gasteiger partial charge in [0.25, 0.3) is 0 Å². The van der Waals surface area contributed by atoms with Crippen molar-refractivity contribution in [2.75, 3.05) is 0 Å². The molecule has 0 aliphatic heterocycles. The van der Waals surface area contributed by atoms with E-state index < -0.39 is 0 Å². The third-order valence-corrected chi connectivity index (χ3v) is 3.25. The summed E-state index contributed by atoms with van der Waals surface area (Å²) in [5.74, 6) is -0.295. The SMILES string of the molecule is Fc1cccc(-n2ccc(-c3ccccc3)nc2=S)c1. The van der Waals surface area contributed by atoms with Crippen LogP contribution in [0.15, 0.2) is 66.9 Å². The summed E-state index contributed by atoms with van der Waals surface area (Å²) < 4.78 is 15.3. The molecular formula is C16H11FN2S. The summed E-state index contributed by atoms with van der Waals surface area (Å²) in [7, 11) is 0. The van der Waals surface area contributed by atoms with Gasteiger partial charge in [-0.3, -0.25) is 4.57 Å². The second-order valence-electron chi connectivity index (χ2n) is 4.31. The first-order valence-electron chi connectivity index (χ1n) is 6.15. The summed E-state index contributed by atoms with van der Waals surface area (Å²) in [5, 5.41) is 0. The van der Waals surface area contributed by atoms with Crippen LogP contribution in [0.25, 0.3) is 16.9 Å². The van der Waals surface area contributed by atoms with E-state index in [1.807, 2.05) is 42.6 Å². The van der Waals surface area contributed by atoms with Gasteiger partial charge in [-0.2, -0.15) is 0 Å². The summed E-state index contributed by atoms with van der Waals surface area (Å²) in [6.45, 7) is 0. The maximum atomic E-state index is 13.3. The second kappa shape index (κ2) is 5.35. The topological polar surface area (TPSA) is 17.8 Å². The zero-order chi connectivity index (χ0) is 13.9. The van der Waals surface area contributed by atoms with E-state index in [-0.39, 0.29) is 5.82 Å². The Balaban J connectivity index is 2.07. The highest BCUT2D eigenvalue weighted by molar-refractivity contribution is 7.71. The third-order valence-electron chi connectivity index (χ3n) is 2.96. The molecule has 0 aliphatic rings. The number of halogens is 1. The molecule has 0 saturated carbocycles. The van der Waals surface area contributed by atoms with Gasteiger partial charge in [-0.05, 0) is 36.5 Å². The van der Waals surface area contributed by atoms with Gasteiger partial charge in [0.15, 0.2) is 0 Å². The van der Waals surface area contributed by atoms with E-state index >= 15 is 0 Å². The van der Waals surface area contributed by atoms with Gasteiger partial charge in [-0.15, -0.1) is 0 Å². The number of benzene rings is 2. The van der Waals surface area contributed by atoms with Crippen molar-refractivity contribution in [3.05, 3.63) is 77.4 Å². The summed E-state index contributed by atoms with van der Waals surface area (Å²) in [6, 6.07) is 18.0. The Hall–Kier alpha value is -2.33. The standard InChI is InChI=1S/C16H11FN2S/c17-13-7-4-8-14(11-13)19-10-9-15(18-16(19)20)12-5-2-1-3-6-12/h1-11H. The van der Waals surface area contributed by atoms with E-state index in [4.69, 9.17) is 12.2 Å². The average Bonchev–Trinajstić information content (AvgIpc) is 2.48. The molecule has 0 fully saturated rings. The third kappa shape index (κ3) is 2.51. The van der Waals surface area contributed by atoms with Gasteiger partial charge in [0.05, 0.1) is 11.4 Å². The molecule has 0 aliphatic carbocycles. The van der Waals surface area contributed by atoms with Crippen molar-refractivity contribution in [1.29, 1.82) is 0 Å². The molecule has 0 bridgehead atoms. The van der Waals surface area contributed by atoms with Crippen molar-refractivity contribution in [2.45, 2.75) is 0 Å². The van der Waals surface area contributed by atoms with E-state index in [1.54, 1.807) is 16.7 Å². The van der Waals surface area contributed by atoms with E-state index in [0.717, 1.165) is 11.3 Å². The lowest BCUT2D eigenvalue weighted by atomic mass is 10.1. The molecule has 0 amide bonds. The number of aromatic nitrogens is 2. The quantitative estimate of drug-likeness (QED) is 0.648. The fourth-order valence-electron chi connectivity index (χ4n) is 2.00. The van der Waals surface area contributed by atoms with Crippen LogP contribution in [0.1, 0.15) is 0 Å². The number of nitrogens with zero attached hydrogens (tertiary/aromatic N) is 2. The fourth-order valence-corrected chi connectivity index (χ4v) is 2.26. The van der Waals surface area contributed by atoms with Crippen molar-refractivity contribution >= 4 is 12.2 Å². The van der Waals surface area contributed by atoms with E-state index in [9.17, 15) is 4.39 Å². The molecule has 0 spiro atoms. The van der Waals surface area contributed by atoms with Gasteiger partial charge in [-0.25, -0.2) is 9.37 Å². The van der Waals surface area contributed by atoms with Crippen LogP contribution in [0.2, 0.25) is 0 Å². The van der Waals surface area contributed by atoms with Gasteiger partial charge in [0, 0.05) is 11.8 Å². The lowest BCUT2D eigenvalue weighted by Gasteiger charge is -2.08. The summed E-state index contributed by atoms with van der Waals surface area (Å²) in [6.07, 6.45) is 1.81. The van der Waals surface area contributed by atoms with Gasteiger partial charge in [0.2, 0.25) is 4.77 Å². The zero-order valence-corrected chi connectivity index (χ0v) is 11.3. The van der Waals surface area contributed by atoms with E-state index in [2.05, 4.69) is 4.98 Å². The summed E-state index contributed by atoms with van der Waals surface area (Å²) >= 11 is 5.29. The fraction of sp³-hybridized carbons (Fsp3) is 0.